The summed E-state index contributed by atoms with van der Waals surface area (Å²) in [6.07, 6.45) is 5.86. The molecule has 0 saturated carbocycles. The fourth-order valence-corrected chi connectivity index (χ4v) is 4.09. The van der Waals surface area contributed by atoms with Crippen LogP contribution in [0.1, 0.15) is 38.4 Å². The van der Waals surface area contributed by atoms with Gasteiger partial charge >= 0.3 is 0 Å². The molecule has 1 saturated heterocycles. The molecule has 0 unspecified atom stereocenters. The Morgan fingerprint density at radius 3 is 2.45 bits per heavy atom. The van der Waals surface area contributed by atoms with Crippen molar-refractivity contribution in [1.29, 1.82) is 0 Å². The first kappa shape index (κ1) is 19.6. The molecule has 2 aromatic carbocycles. The van der Waals surface area contributed by atoms with Crippen LogP contribution in [0.25, 0.3) is 16.6 Å². The number of nitrogens with zero attached hydrogens (tertiary/aromatic N) is 3. The first-order valence-corrected chi connectivity index (χ1v) is 10.7. The van der Waals surface area contributed by atoms with Crippen LogP contribution in [0.5, 0.6) is 5.75 Å². The van der Waals surface area contributed by atoms with E-state index in [-0.39, 0.29) is 5.56 Å². The van der Waals surface area contributed by atoms with Crippen LogP contribution in [0.4, 0.5) is 0 Å². The average Bonchev–Trinajstić information content (AvgIpc) is 3.03. The van der Waals surface area contributed by atoms with Crippen molar-refractivity contribution in [3.8, 4) is 11.4 Å². The van der Waals surface area contributed by atoms with Gasteiger partial charge in [0.1, 0.15) is 23.6 Å². The topological polar surface area (TPSA) is 47.4 Å². The van der Waals surface area contributed by atoms with Crippen molar-refractivity contribution >= 4 is 10.9 Å². The largest absolute Gasteiger partial charge is 0.491 e. The minimum atomic E-state index is -0.0663. The Hall–Kier alpha value is -2.66. The molecule has 1 aliphatic heterocycles. The maximum absolute atomic E-state index is 13.5. The average molecular weight is 392 g/mol. The first-order chi connectivity index (χ1) is 14.3. The Labute approximate surface area is 171 Å². The van der Waals surface area contributed by atoms with Gasteiger partial charge in [-0.2, -0.15) is 0 Å². The van der Waals surface area contributed by atoms with Gasteiger partial charge < -0.3 is 4.74 Å². The summed E-state index contributed by atoms with van der Waals surface area (Å²) in [5, 5.41) is 0.560. The third-order valence-corrected chi connectivity index (χ3v) is 5.62. The van der Waals surface area contributed by atoms with E-state index in [9.17, 15) is 4.79 Å². The first-order valence-electron chi connectivity index (χ1n) is 10.7. The number of aromatic nitrogens is 2. The second-order valence-electron chi connectivity index (χ2n) is 7.61. The molecule has 0 aliphatic carbocycles. The normalized spacial score (nSPS) is 15.3. The molecule has 1 aromatic heterocycles. The SMILES string of the molecule is CCc1nc2cccc(OCCN3CCCCCC3)c2c(=O)n1-c1ccccc1. The van der Waals surface area contributed by atoms with E-state index in [4.69, 9.17) is 9.72 Å². The van der Waals surface area contributed by atoms with Gasteiger partial charge in [0, 0.05) is 13.0 Å². The molecule has 0 amide bonds. The van der Waals surface area contributed by atoms with Gasteiger partial charge in [-0.05, 0) is 50.2 Å². The van der Waals surface area contributed by atoms with E-state index in [2.05, 4.69) is 4.90 Å². The summed E-state index contributed by atoms with van der Waals surface area (Å²) in [4.78, 5) is 20.7. The summed E-state index contributed by atoms with van der Waals surface area (Å²) < 4.78 is 7.83. The summed E-state index contributed by atoms with van der Waals surface area (Å²) in [6, 6.07) is 15.4. The van der Waals surface area contributed by atoms with Crippen molar-refractivity contribution in [3.05, 3.63) is 64.7 Å². The Kier molecular flexibility index (Phi) is 6.25. The van der Waals surface area contributed by atoms with E-state index in [1.165, 1.54) is 25.7 Å². The van der Waals surface area contributed by atoms with Crippen LogP contribution in [-0.2, 0) is 6.42 Å². The number of hydrogen-bond acceptors (Lipinski definition) is 4. The van der Waals surface area contributed by atoms with Gasteiger partial charge in [0.2, 0.25) is 0 Å². The molecule has 4 rings (SSSR count). The van der Waals surface area contributed by atoms with E-state index in [0.717, 1.165) is 31.1 Å². The van der Waals surface area contributed by atoms with Gasteiger partial charge in [-0.3, -0.25) is 14.3 Å². The summed E-state index contributed by atoms with van der Waals surface area (Å²) in [5.74, 6) is 1.39. The lowest BCUT2D eigenvalue weighted by Gasteiger charge is -2.20. The van der Waals surface area contributed by atoms with Crippen molar-refractivity contribution < 1.29 is 4.74 Å². The number of fused-ring (bicyclic) bond motifs is 1. The molecule has 1 aliphatic rings. The van der Waals surface area contributed by atoms with Crippen molar-refractivity contribution in [1.82, 2.24) is 14.5 Å². The van der Waals surface area contributed by atoms with Crippen LogP contribution in [0, 0.1) is 0 Å². The second kappa shape index (κ2) is 9.23. The fraction of sp³-hybridized carbons (Fsp3) is 0.417. The summed E-state index contributed by atoms with van der Waals surface area (Å²) in [6.45, 7) is 5.78. The Bertz CT molecular complexity index is 1010. The van der Waals surface area contributed by atoms with Gasteiger partial charge in [-0.15, -0.1) is 0 Å². The predicted molar refractivity (Wildman–Crippen MR) is 117 cm³/mol. The molecule has 1 fully saturated rings. The van der Waals surface area contributed by atoms with Gasteiger partial charge in [0.05, 0.1) is 11.2 Å². The highest BCUT2D eigenvalue weighted by atomic mass is 16.5. The molecule has 2 heterocycles. The maximum atomic E-state index is 13.5. The zero-order chi connectivity index (χ0) is 20.1. The molecule has 0 radical (unpaired) electrons. The van der Waals surface area contributed by atoms with Gasteiger partial charge in [-0.25, -0.2) is 4.98 Å². The molecule has 29 heavy (non-hydrogen) atoms. The molecule has 152 valence electrons. The number of ether oxygens (including phenoxy) is 1. The van der Waals surface area contributed by atoms with E-state index in [1.54, 1.807) is 4.57 Å². The number of para-hydroxylation sites is 1. The monoisotopic (exact) mass is 391 g/mol. The maximum Gasteiger partial charge on any atom is 0.269 e. The molecule has 0 atom stereocenters. The van der Waals surface area contributed by atoms with E-state index < -0.39 is 0 Å². The second-order valence-corrected chi connectivity index (χ2v) is 7.61. The Morgan fingerprint density at radius 2 is 1.72 bits per heavy atom. The van der Waals surface area contributed by atoms with Crippen molar-refractivity contribution in [3.63, 3.8) is 0 Å². The molecule has 0 N–H and O–H groups in total. The quantitative estimate of drug-likeness (QED) is 0.632. The molecular weight excluding hydrogens is 362 g/mol. The highest BCUT2D eigenvalue weighted by Crippen LogP contribution is 2.23. The van der Waals surface area contributed by atoms with Crippen molar-refractivity contribution in [2.45, 2.75) is 39.0 Å². The van der Waals surface area contributed by atoms with Crippen LogP contribution in [0.15, 0.2) is 53.3 Å². The number of rotatable bonds is 6. The van der Waals surface area contributed by atoms with E-state index in [0.29, 0.717) is 29.7 Å². The molecule has 5 heteroatoms. The molecule has 0 bridgehead atoms. The van der Waals surface area contributed by atoms with Crippen LogP contribution in [0.2, 0.25) is 0 Å². The zero-order valence-electron chi connectivity index (χ0n) is 17.1. The highest BCUT2D eigenvalue weighted by molar-refractivity contribution is 5.84. The minimum absolute atomic E-state index is 0.0663. The third kappa shape index (κ3) is 4.35. The van der Waals surface area contributed by atoms with Crippen LogP contribution < -0.4 is 10.3 Å². The molecule has 3 aromatic rings. The molecule has 0 spiro atoms. The van der Waals surface area contributed by atoms with Gasteiger partial charge in [0.25, 0.3) is 5.56 Å². The smallest absolute Gasteiger partial charge is 0.269 e. The summed E-state index contributed by atoms with van der Waals surface area (Å²) in [7, 11) is 0. The third-order valence-electron chi connectivity index (χ3n) is 5.62. The van der Waals surface area contributed by atoms with Gasteiger partial charge in [-0.1, -0.05) is 44.0 Å². The number of hydrogen-bond donors (Lipinski definition) is 0. The Balaban J connectivity index is 1.65. The van der Waals surface area contributed by atoms with Crippen molar-refractivity contribution in [2.24, 2.45) is 0 Å². The number of likely N-dealkylation sites (tertiary alicyclic amines) is 1. The lowest BCUT2D eigenvalue weighted by atomic mass is 10.2. The standard InChI is InChI=1S/C24H29N3O2/c1-2-22-25-20-13-10-14-21(29-18-17-26-15-8-3-4-9-16-26)23(20)24(28)27(22)19-11-6-5-7-12-19/h5-7,10-14H,2-4,8-9,15-18H2,1H3. The van der Waals surface area contributed by atoms with E-state index >= 15 is 0 Å². The van der Waals surface area contributed by atoms with E-state index in [1.807, 2.05) is 55.5 Å². The van der Waals surface area contributed by atoms with Crippen molar-refractivity contribution in [2.75, 3.05) is 26.2 Å². The molecular formula is C24H29N3O2. The summed E-state index contributed by atoms with van der Waals surface area (Å²) >= 11 is 0. The fourth-order valence-electron chi connectivity index (χ4n) is 4.09. The zero-order valence-corrected chi connectivity index (χ0v) is 17.1. The minimum Gasteiger partial charge on any atom is -0.491 e. The van der Waals surface area contributed by atoms with Crippen LogP contribution in [0.3, 0.4) is 0 Å². The van der Waals surface area contributed by atoms with Gasteiger partial charge in [0.15, 0.2) is 0 Å². The predicted octanol–water partition coefficient (Wildman–Crippen LogP) is 4.20. The van der Waals surface area contributed by atoms with Crippen LogP contribution >= 0.6 is 0 Å². The highest BCUT2D eigenvalue weighted by Gasteiger charge is 2.16. The summed E-state index contributed by atoms with van der Waals surface area (Å²) in [5.41, 5.74) is 1.47. The van der Waals surface area contributed by atoms with Crippen LogP contribution in [-0.4, -0.2) is 40.7 Å². The number of benzene rings is 2. The number of aryl methyl sites for hydroxylation is 1. The Morgan fingerprint density at radius 1 is 0.966 bits per heavy atom. The lowest BCUT2D eigenvalue weighted by Crippen LogP contribution is -2.29. The lowest BCUT2D eigenvalue weighted by molar-refractivity contribution is 0.215. The molecule has 5 nitrogen and oxygen atoms in total.